The number of hydrogen-bond donors (Lipinski definition) is 1. The number of sulfonamides is 1. The van der Waals surface area contributed by atoms with Gasteiger partial charge in [-0.05, 0) is 92.4 Å². The van der Waals surface area contributed by atoms with Crippen molar-refractivity contribution < 1.29 is 22.7 Å². The zero-order valence-electron chi connectivity index (χ0n) is 27.2. The van der Waals surface area contributed by atoms with E-state index in [4.69, 9.17) is 4.74 Å². The van der Waals surface area contributed by atoms with E-state index in [2.05, 4.69) is 21.2 Å². The minimum absolute atomic E-state index is 0.0307. The highest BCUT2D eigenvalue weighted by atomic mass is 79.9. The second-order valence-electron chi connectivity index (χ2n) is 11.4. The number of halogens is 1. The number of nitrogens with zero attached hydrogens (tertiary/aromatic N) is 2. The SMILES string of the molecule is CCOc1ccc(N(CC(=O)N(Cc2ccccc2C)C(Cc2ccccc2)C(=O)NC(C)CC)S(=O)(=O)c2ccc(Br)cc2)cc1. The van der Waals surface area contributed by atoms with Gasteiger partial charge in [0, 0.05) is 23.5 Å². The molecule has 0 heterocycles. The molecule has 0 saturated carbocycles. The molecule has 10 heteroatoms. The Morgan fingerprint density at radius 2 is 1.51 bits per heavy atom. The van der Waals surface area contributed by atoms with Gasteiger partial charge < -0.3 is 15.0 Å². The summed E-state index contributed by atoms with van der Waals surface area (Å²) in [4.78, 5) is 30.2. The van der Waals surface area contributed by atoms with Crippen LogP contribution < -0.4 is 14.4 Å². The van der Waals surface area contributed by atoms with Crippen molar-refractivity contribution in [1.29, 1.82) is 0 Å². The van der Waals surface area contributed by atoms with Gasteiger partial charge in [0.05, 0.1) is 17.2 Å². The van der Waals surface area contributed by atoms with Crippen LogP contribution in [-0.4, -0.2) is 50.4 Å². The van der Waals surface area contributed by atoms with E-state index in [9.17, 15) is 18.0 Å². The van der Waals surface area contributed by atoms with E-state index in [-0.39, 0.29) is 29.8 Å². The predicted molar refractivity (Wildman–Crippen MR) is 190 cm³/mol. The second kappa shape index (κ2) is 16.6. The predicted octanol–water partition coefficient (Wildman–Crippen LogP) is 6.91. The van der Waals surface area contributed by atoms with Crippen LogP contribution in [0.2, 0.25) is 0 Å². The molecule has 47 heavy (non-hydrogen) atoms. The summed E-state index contributed by atoms with van der Waals surface area (Å²) >= 11 is 3.37. The zero-order valence-corrected chi connectivity index (χ0v) is 29.6. The molecule has 0 aliphatic carbocycles. The number of anilines is 1. The number of rotatable bonds is 15. The molecule has 4 aromatic carbocycles. The minimum atomic E-state index is -4.21. The number of carbonyl (C=O) groups is 2. The van der Waals surface area contributed by atoms with Gasteiger partial charge in [0.25, 0.3) is 10.0 Å². The number of nitrogens with one attached hydrogen (secondary N) is 1. The average molecular weight is 721 g/mol. The van der Waals surface area contributed by atoms with Crippen LogP contribution >= 0.6 is 15.9 Å². The zero-order chi connectivity index (χ0) is 34.0. The van der Waals surface area contributed by atoms with Crippen LogP contribution in [0.5, 0.6) is 5.75 Å². The molecule has 248 valence electrons. The smallest absolute Gasteiger partial charge is 0.264 e. The van der Waals surface area contributed by atoms with Gasteiger partial charge in [-0.15, -0.1) is 0 Å². The summed E-state index contributed by atoms with van der Waals surface area (Å²) in [6.07, 6.45) is 0.968. The normalized spacial score (nSPS) is 12.5. The van der Waals surface area contributed by atoms with E-state index in [0.717, 1.165) is 25.5 Å². The number of aryl methyl sites for hydroxylation is 1. The summed E-state index contributed by atoms with van der Waals surface area (Å²) in [6.45, 7) is 7.76. The highest BCUT2D eigenvalue weighted by Crippen LogP contribution is 2.28. The number of carbonyl (C=O) groups excluding carboxylic acids is 2. The molecule has 2 amide bonds. The third-order valence-electron chi connectivity index (χ3n) is 7.99. The Morgan fingerprint density at radius 3 is 2.13 bits per heavy atom. The third-order valence-corrected chi connectivity index (χ3v) is 10.3. The Kier molecular flexibility index (Phi) is 12.6. The first-order chi connectivity index (χ1) is 22.5. The summed E-state index contributed by atoms with van der Waals surface area (Å²) in [6, 6.07) is 29.1. The Hall–Kier alpha value is -4.15. The van der Waals surface area contributed by atoms with Gasteiger partial charge in [-0.2, -0.15) is 0 Å². The van der Waals surface area contributed by atoms with Crippen molar-refractivity contribution >= 4 is 43.5 Å². The van der Waals surface area contributed by atoms with Gasteiger partial charge in [0.1, 0.15) is 18.3 Å². The molecule has 2 unspecified atom stereocenters. The Morgan fingerprint density at radius 1 is 0.872 bits per heavy atom. The van der Waals surface area contributed by atoms with Gasteiger partial charge in [0.2, 0.25) is 11.8 Å². The average Bonchev–Trinajstić information content (AvgIpc) is 3.07. The van der Waals surface area contributed by atoms with Crippen LogP contribution in [0, 0.1) is 6.92 Å². The lowest BCUT2D eigenvalue weighted by Crippen LogP contribution is -2.54. The van der Waals surface area contributed by atoms with E-state index in [0.29, 0.717) is 24.5 Å². The number of ether oxygens (including phenoxy) is 1. The van der Waals surface area contributed by atoms with Crippen LogP contribution in [0.3, 0.4) is 0 Å². The third kappa shape index (κ3) is 9.45. The van der Waals surface area contributed by atoms with Crippen molar-refractivity contribution in [3.63, 3.8) is 0 Å². The first-order valence-corrected chi connectivity index (χ1v) is 18.0. The topological polar surface area (TPSA) is 96.0 Å². The summed E-state index contributed by atoms with van der Waals surface area (Å²) in [5.41, 5.74) is 2.99. The second-order valence-corrected chi connectivity index (χ2v) is 14.1. The Balaban J connectivity index is 1.81. The molecular formula is C37H42BrN3O5S. The maximum absolute atomic E-state index is 14.6. The molecule has 1 N–H and O–H groups in total. The Bertz CT molecular complexity index is 1730. The lowest BCUT2D eigenvalue weighted by atomic mass is 10.0. The lowest BCUT2D eigenvalue weighted by Gasteiger charge is -2.34. The van der Waals surface area contributed by atoms with Gasteiger partial charge in [-0.3, -0.25) is 13.9 Å². The number of benzene rings is 4. The molecule has 0 aliphatic rings. The molecule has 0 bridgehead atoms. The summed E-state index contributed by atoms with van der Waals surface area (Å²) < 4.78 is 35.9. The molecule has 0 radical (unpaired) electrons. The number of hydrogen-bond acceptors (Lipinski definition) is 5. The van der Waals surface area contributed by atoms with E-state index in [1.807, 2.05) is 82.3 Å². The molecule has 4 aromatic rings. The molecule has 0 saturated heterocycles. The molecule has 0 fully saturated rings. The van der Waals surface area contributed by atoms with E-state index < -0.39 is 28.5 Å². The quantitative estimate of drug-likeness (QED) is 0.144. The van der Waals surface area contributed by atoms with E-state index in [1.54, 1.807) is 36.4 Å². The summed E-state index contributed by atoms with van der Waals surface area (Å²) in [7, 11) is -4.21. The van der Waals surface area contributed by atoms with Crippen molar-refractivity contribution in [2.24, 2.45) is 0 Å². The molecule has 4 rings (SSSR count). The van der Waals surface area contributed by atoms with Crippen molar-refractivity contribution in [1.82, 2.24) is 10.2 Å². The molecule has 0 spiro atoms. The van der Waals surface area contributed by atoms with Crippen molar-refractivity contribution in [3.8, 4) is 5.75 Å². The van der Waals surface area contributed by atoms with Gasteiger partial charge in [-0.1, -0.05) is 77.5 Å². The fourth-order valence-corrected chi connectivity index (χ4v) is 6.78. The lowest BCUT2D eigenvalue weighted by molar-refractivity contribution is -0.140. The molecule has 2 atom stereocenters. The minimum Gasteiger partial charge on any atom is -0.494 e. The van der Waals surface area contributed by atoms with Crippen LogP contribution in [0.1, 0.15) is 43.9 Å². The summed E-state index contributed by atoms with van der Waals surface area (Å²) in [5, 5.41) is 3.07. The largest absolute Gasteiger partial charge is 0.494 e. The standard InChI is InChI=1S/C37H42BrN3O5S/c1-5-28(4)39-37(43)35(24-29-13-8-7-9-14-29)40(25-30-15-11-10-12-27(30)3)36(42)26-41(32-18-20-33(21-19-32)46-6-2)47(44,45)34-22-16-31(38)17-23-34/h7-23,28,35H,5-6,24-26H2,1-4H3,(H,39,43). The fourth-order valence-electron chi connectivity index (χ4n) is 5.10. The molecular weight excluding hydrogens is 678 g/mol. The van der Waals surface area contributed by atoms with Crippen LogP contribution in [0.15, 0.2) is 112 Å². The van der Waals surface area contributed by atoms with Crippen molar-refractivity contribution in [2.45, 2.75) is 64.1 Å². The highest BCUT2D eigenvalue weighted by Gasteiger charge is 2.35. The molecule has 0 aromatic heterocycles. The molecule has 0 aliphatic heterocycles. The van der Waals surface area contributed by atoms with Gasteiger partial charge >= 0.3 is 0 Å². The van der Waals surface area contributed by atoms with Gasteiger partial charge in [-0.25, -0.2) is 8.42 Å². The number of amides is 2. The van der Waals surface area contributed by atoms with Crippen molar-refractivity contribution in [2.75, 3.05) is 17.5 Å². The van der Waals surface area contributed by atoms with Crippen LogP contribution in [0.25, 0.3) is 0 Å². The monoisotopic (exact) mass is 719 g/mol. The first kappa shape index (κ1) is 35.7. The maximum Gasteiger partial charge on any atom is 0.264 e. The fraction of sp³-hybridized carbons (Fsp3) is 0.297. The van der Waals surface area contributed by atoms with Crippen LogP contribution in [0.4, 0.5) is 5.69 Å². The van der Waals surface area contributed by atoms with Crippen molar-refractivity contribution in [3.05, 3.63) is 124 Å². The Labute approximate surface area is 286 Å². The first-order valence-electron chi connectivity index (χ1n) is 15.7. The van der Waals surface area contributed by atoms with Crippen LogP contribution in [-0.2, 0) is 32.6 Å². The molecule has 8 nitrogen and oxygen atoms in total. The van der Waals surface area contributed by atoms with E-state index in [1.165, 1.54) is 17.0 Å². The van der Waals surface area contributed by atoms with Gasteiger partial charge in [0.15, 0.2) is 0 Å². The summed E-state index contributed by atoms with van der Waals surface area (Å²) in [5.74, 6) is -0.231. The van der Waals surface area contributed by atoms with E-state index >= 15 is 0 Å². The maximum atomic E-state index is 14.6. The highest BCUT2D eigenvalue weighted by molar-refractivity contribution is 9.10.